The van der Waals surface area contributed by atoms with Crippen molar-refractivity contribution in [3.8, 4) is 0 Å². The van der Waals surface area contributed by atoms with Crippen molar-refractivity contribution in [1.29, 1.82) is 0 Å². The molecular weight excluding hydrogens is 336 g/mol. The zero-order valence-corrected chi connectivity index (χ0v) is 15.6. The fourth-order valence-electron chi connectivity index (χ4n) is 2.70. The highest BCUT2D eigenvalue weighted by Gasteiger charge is 2.11. The van der Waals surface area contributed by atoms with Crippen LogP contribution in [0, 0.1) is 6.92 Å². The first-order chi connectivity index (χ1) is 12.0. The van der Waals surface area contributed by atoms with E-state index in [0.29, 0.717) is 6.42 Å². The smallest absolute Gasteiger partial charge is 0.226 e. The first-order valence-corrected chi connectivity index (χ1v) is 9.00. The molecule has 0 aliphatic carbocycles. The number of nitrogens with zero attached hydrogens (tertiary/aromatic N) is 2. The number of aromatic nitrogens is 2. The van der Waals surface area contributed by atoms with Crippen LogP contribution < -0.4 is 11.1 Å². The molecule has 0 saturated heterocycles. The highest BCUT2D eigenvalue weighted by Crippen LogP contribution is 2.22. The van der Waals surface area contributed by atoms with Crippen molar-refractivity contribution >= 4 is 28.6 Å². The van der Waals surface area contributed by atoms with Gasteiger partial charge < -0.3 is 11.1 Å². The molecule has 0 aliphatic heterocycles. The Balaban J connectivity index is 2.15. The number of hydrogen-bond donors (Lipinski definition) is 2. The molecule has 0 atom stereocenters. The Kier molecular flexibility index (Phi) is 7.19. The van der Waals surface area contributed by atoms with Gasteiger partial charge in [0.05, 0.1) is 0 Å². The Labute approximate surface area is 154 Å². The van der Waals surface area contributed by atoms with Gasteiger partial charge in [-0.3, -0.25) is 4.79 Å². The monoisotopic (exact) mass is 360 g/mol. The van der Waals surface area contributed by atoms with Crippen molar-refractivity contribution in [1.82, 2.24) is 9.97 Å². The van der Waals surface area contributed by atoms with Gasteiger partial charge in [-0.25, -0.2) is 4.98 Å². The van der Waals surface area contributed by atoms with Crippen LogP contribution in [0.1, 0.15) is 48.6 Å². The maximum absolute atomic E-state index is 11.0. The summed E-state index contributed by atoms with van der Waals surface area (Å²) in [6.45, 7) is 5.00. The topological polar surface area (TPSA) is 80.9 Å². The number of unbranched alkanes of at least 4 members (excludes halogenated alkanes) is 2. The molecule has 0 fully saturated rings. The summed E-state index contributed by atoms with van der Waals surface area (Å²) in [5.74, 6) is 1.09. The van der Waals surface area contributed by atoms with Gasteiger partial charge in [0.25, 0.3) is 0 Å². The number of benzene rings is 1. The molecule has 0 spiro atoms. The molecule has 0 unspecified atom stereocenters. The Morgan fingerprint density at radius 3 is 2.48 bits per heavy atom. The van der Waals surface area contributed by atoms with Crippen LogP contribution in [0.25, 0.3) is 0 Å². The summed E-state index contributed by atoms with van der Waals surface area (Å²) in [5, 5.41) is 3.04. The minimum absolute atomic E-state index is 0.246. The number of carbonyl (C=O) groups is 1. The molecule has 1 heterocycles. The lowest BCUT2D eigenvalue weighted by atomic mass is 10.0. The molecule has 25 heavy (non-hydrogen) atoms. The van der Waals surface area contributed by atoms with Crippen molar-refractivity contribution in [3.05, 3.63) is 46.6 Å². The maximum Gasteiger partial charge on any atom is 0.226 e. The predicted molar refractivity (Wildman–Crippen MR) is 103 cm³/mol. The lowest BCUT2D eigenvalue weighted by Gasteiger charge is -2.14. The van der Waals surface area contributed by atoms with E-state index in [0.717, 1.165) is 41.2 Å². The first kappa shape index (κ1) is 19.2. The Morgan fingerprint density at radius 2 is 1.84 bits per heavy atom. The standard InChI is InChI=1S/C19H25ClN4O/c1-3-4-5-10-22-18-16(13(2)23-19(21)24-18)11-14-6-8-15(9-7-14)12-17(20)25/h6-9H,3-5,10-12H2,1-2H3,(H3,21,22,23,24). The van der Waals surface area contributed by atoms with E-state index >= 15 is 0 Å². The van der Waals surface area contributed by atoms with Crippen LogP contribution in [-0.2, 0) is 17.6 Å². The van der Waals surface area contributed by atoms with Crippen molar-refractivity contribution in [2.45, 2.75) is 46.0 Å². The van der Waals surface area contributed by atoms with Crippen molar-refractivity contribution in [3.63, 3.8) is 0 Å². The van der Waals surface area contributed by atoms with Crippen molar-refractivity contribution in [2.24, 2.45) is 0 Å². The zero-order chi connectivity index (χ0) is 18.2. The molecule has 134 valence electrons. The van der Waals surface area contributed by atoms with Crippen LogP contribution in [0.4, 0.5) is 11.8 Å². The zero-order valence-electron chi connectivity index (χ0n) is 14.8. The van der Waals surface area contributed by atoms with Crippen LogP contribution in [0.2, 0.25) is 0 Å². The van der Waals surface area contributed by atoms with Gasteiger partial charge in [-0.2, -0.15) is 4.98 Å². The summed E-state index contributed by atoms with van der Waals surface area (Å²) in [5.41, 5.74) is 9.77. The lowest BCUT2D eigenvalue weighted by molar-refractivity contribution is -0.111. The number of nitrogen functional groups attached to an aromatic ring is 1. The van der Waals surface area contributed by atoms with Crippen LogP contribution in [0.3, 0.4) is 0 Å². The van der Waals surface area contributed by atoms with Gasteiger partial charge in [-0.1, -0.05) is 44.0 Å². The summed E-state index contributed by atoms with van der Waals surface area (Å²) in [6, 6.07) is 7.87. The van der Waals surface area contributed by atoms with Crippen LogP contribution in [0.5, 0.6) is 0 Å². The highest BCUT2D eigenvalue weighted by atomic mass is 35.5. The van der Waals surface area contributed by atoms with E-state index in [1.54, 1.807) is 0 Å². The number of nitrogens with one attached hydrogen (secondary N) is 1. The molecule has 1 aromatic carbocycles. The largest absolute Gasteiger partial charge is 0.370 e. The SMILES string of the molecule is CCCCCNc1nc(N)nc(C)c1Cc1ccc(CC(=O)Cl)cc1. The highest BCUT2D eigenvalue weighted by molar-refractivity contribution is 6.63. The van der Waals surface area contributed by atoms with Gasteiger partial charge in [0.15, 0.2) is 0 Å². The molecule has 0 aliphatic rings. The van der Waals surface area contributed by atoms with E-state index in [1.165, 1.54) is 12.8 Å². The molecule has 2 aromatic rings. The fraction of sp³-hybridized carbons (Fsp3) is 0.421. The second kappa shape index (κ2) is 9.37. The third-order valence-corrected chi connectivity index (χ3v) is 4.18. The van der Waals surface area contributed by atoms with E-state index in [9.17, 15) is 4.79 Å². The van der Waals surface area contributed by atoms with Crippen molar-refractivity contribution in [2.75, 3.05) is 17.6 Å². The third kappa shape index (κ3) is 6.02. The minimum atomic E-state index is -0.353. The van der Waals surface area contributed by atoms with E-state index in [2.05, 4.69) is 22.2 Å². The van der Waals surface area contributed by atoms with Gasteiger partial charge in [0, 0.05) is 30.6 Å². The molecular formula is C19H25ClN4O. The molecule has 1 aromatic heterocycles. The number of aryl methyl sites for hydroxylation is 1. The second-order valence-corrected chi connectivity index (χ2v) is 6.57. The van der Waals surface area contributed by atoms with Gasteiger partial charge in [0.2, 0.25) is 11.2 Å². The Bertz CT molecular complexity index is 716. The number of anilines is 2. The summed E-state index contributed by atoms with van der Waals surface area (Å²) < 4.78 is 0. The Hall–Kier alpha value is -2.14. The predicted octanol–water partition coefficient (Wildman–Crippen LogP) is 3.87. The van der Waals surface area contributed by atoms with Crippen LogP contribution in [-0.4, -0.2) is 21.8 Å². The molecule has 0 saturated carbocycles. The average molecular weight is 361 g/mol. The van der Waals surface area contributed by atoms with Gasteiger partial charge in [0.1, 0.15) is 5.82 Å². The Morgan fingerprint density at radius 1 is 1.16 bits per heavy atom. The van der Waals surface area contributed by atoms with Gasteiger partial charge in [-0.05, 0) is 36.1 Å². The number of halogens is 1. The summed E-state index contributed by atoms with van der Waals surface area (Å²) in [6.07, 6.45) is 4.41. The number of hydrogen-bond acceptors (Lipinski definition) is 5. The minimum Gasteiger partial charge on any atom is -0.370 e. The van der Waals surface area contributed by atoms with Crippen molar-refractivity contribution < 1.29 is 4.79 Å². The molecule has 2 rings (SSSR count). The summed E-state index contributed by atoms with van der Waals surface area (Å²) >= 11 is 5.43. The van der Waals surface area contributed by atoms with Gasteiger partial charge in [-0.15, -0.1) is 0 Å². The summed E-state index contributed by atoms with van der Waals surface area (Å²) in [7, 11) is 0. The van der Waals surface area contributed by atoms with Crippen LogP contribution in [0.15, 0.2) is 24.3 Å². The normalized spacial score (nSPS) is 10.7. The van der Waals surface area contributed by atoms with Crippen LogP contribution >= 0.6 is 11.6 Å². The molecule has 6 heteroatoms. The average Bonchev–Trinajstić information content (AvgIpc) is 2.55. The summed E-state index contributed by atoms with van der Waals surface area (Å²) in [4.78, 5) is 19.7. The van der Waals surface area contributed by atoms with Gasteiger partial charge >= 0.3 is 0 Å². The molecule has 3 N–H and O–H groups in total. The molecule has 5 nitrogen and oxygen atoms in total. The third-order valence-electron chi connectivity index (χ3n) is 4.05. The van der Waals surface area contributed by atoms with E-state index in [1.807, 2.05) is 31.2 Å². The van der Waals surface area contributed by atoms with E-state index in [-0.39, 0.29) is 17.6 Å². The van der Waals surface area contributed by atoms with E-state index < -0.39 is 0 Å². The molecule has 0 amide bonds. The molecule has 0 radical (unpaired) electrons. The number of nitrogens with two attached hydrogens (primary N) is 1. The quantitative estimate of drug-likeness (QED) is 0.524. The first-order valence-electron chi connectivity index (χ1n) is 8.62. The lowest BCUT2D eigenvalue weighted by Crippen LogP contribution is -2.11. The fourth-order valence-corrected chi connectivity index (χ4v) is 2.85. The van der Waals surface area contributed by atoms with E-state index in [4.69, 9.17) is 17.3 Å². The number of rotatable bonds is 9. The second-order valence-electron chi connectivity index (χ2n) is 6.15. The molecule has 0 bridgehead atoms. The maximum atomic E-state index is 11.0. The number of carbonyl (C=O) groups excluding carboxylic acids is 1.